The Balaban J connectivity index is 1.80. The molecule has 0 aliphatic heterocycles. The number of nitrogens with one attached hydrogen (secondary N) is 1. The van der Waals surface area contributed by atoms with Crippen LogP contribution < -0.4 is 0 Å². The topological polar surface area (TPSA) is 78.3 Å². The molecule has 0 amide bonds. The number of fused-ring (bicyclic) bond motifs is 1. The van der Waals surface area contributed by atoms with Gasteiger partial charge in [-0.2, -0.15) is 0 Å². The summed E-state index contributed by atoms with van der Waals surface area (Å²) in [6.45, 7) is 6.53. The number of H-pyrrole nitrogens is 1. The number of Topliss-reactive ketones (excluding diaryl/α,β-unsaturated/α-hetero) is 1. The predicted molar refractivity (Wildman–Crippen MR) is 100 cm³/mol. The number of rotatable bonds is 4. The van der Waals surface area contributed by atoms with Crippen molar-refractivity contribution >= 4 is 22.5 Å². The zero-order chi connectivity index (χ0) is 18.0. The molecule has 1 aromatic carbocycles. The Morgan fingerprint density at radius 1 is 1.32 bits per heavy atom. The van der Waals surface area contributed by atoms with Crippen LogP contribution in [0.25, 0.3) is 11.0 Å². The van der Waals surface area contributed by atoms with E-state index in [9.17, 15) is 9.90 Å². The van der Waals surface area contributed by atoms with Gasteiger partial charge in [0.15, 0.2) is 5.78 Å². The molecule has 132 valence electrons. The van der Waals surface area contributed by atoms with Crippen molar-refractivity contribution in [1.29, 1.82) is 0 Å². The van der Waals surface area contributed by atoms with Gasteiger partial charge in [0.25, 0.3) is 0 Å². The molecule has 5 nitrogen and oxygen atoms in total. The van der Waals surface area contributed by atoms with Crippen LogP contribution in [0, 0.1) is 5.41 Å². The number of aromatic nitrogens is 2. The molecule has 1 aliphatic carbocycles. The molecule has 1 fully saturated rings. The minimum atomic E-state index is -0.118. The summed E-state index contributed by atoms with van der Waals surface area (Å²) < 4.78 is 0. The maximum absolute atomic E-state index is 12.5. The number of hydrogen-bond acceptors (Lipinski definition) is 4. The average Bonchev–Trinajstić information content (AvgIpc) is 2.95. The zero-order valence-electron chi connectivity index (χ0n) is 15.1. The number of nitrogens with zero attached hydrogens (tertiary/aromatic N) is 2. The van der Waals surface area contributed by atoms with Crippen molar-refractivity contribution in [3.05, 3.63) is 41.4 Å². The Labute approximate surface area is 147 Å². The third-order valence-corrected chi connectivity index (χ3v) is 4.57. The molecule has 1 saturated carbocycles. The monoisotopic (exact) mass is 339 g/mol. The largest absolute Gasteiger partial charge is 0.512 e. The van der Waals surface area contributed by atoms with E-state index in [1.54, 1.807) is 0 Å². The van der Waals surface area contributed by atoms with Crippen LogP contribution in [-0.4, -0.2) is 33.1 Å². The number of imidazole rings is 1. The lowest BCUT2D eigenvalue weighted by Gasteiger charge is -2.31. The van der Waals surface area contributed by atoms with E-state index in [-0.39, 0.29) is 17.0 Å². The Kier molecular flexibility index (Phi) is 4.75. The van der Waals surface area contributed by atoms with Gasteiger partial charge in [-0.15, -0.1) is 0 Å². The zero-order valence-corrected chi connectivity index (χ0v) is 15.1. The van der Waals surface area contributed by atoms with Gasteiger partial charge < -0.3 is 10.1 Å². The highest BCUT2D eigenvalue weighted by Crippen LogP contribution is 2.35. The number of ketones is 1. The van der Waals surface area contributed by atoms with Crippen LogP contribution in [0.5, 0.6) is 0 Å². The summed E-state index contributed by atoms with van der Waals surface area (Å²) in [4.78, 5) is 25.0. The van der Waals surface area contributed by atoms with E-state index in [1.165, 1.54) is 0 Å². The van der Waals surface area contributed by atoms with Gasteiger partial charge >= 0.3 is 0 Å². The summed E-state index contributed by atoms with van der Waals surface area (Å²) in [6, 6.07) is 7.92. The summed E-state index contributed by atoms with van der Waals surface area (Å²) in [5.74, 6) is 1.04. The van der Waals surface area contributed by atoms with Crippen LogP contribution in [0.3, 0.4) is 0 Å². The van der Waals surface area contributed by atoms with Crippen molar-refractivity contribution in [1.82, 2.24) is 9.97 Å². The molecule has 1 aliphatic rings. The van der Waals surface area contributed by atoms with Crippen molar-refractivity contribution in [3.63, 3.8) is 0 Å². The van der Waals surface area contributed by atoms with E-state index >= 15 is 0 Å². The van der Waals surface area contributed by atoms with Crippen molar-refractivity contribution in [2.45, 2.75) is 46.5 Å². The minimum Gasteiger partial charge on any atom is -0.512 e. The standard InChI is InChI=1S/C20H25N3O2/c1-4-16(24)19-15(11-20(2,3)12-17(19)25)21-10-9-18-22-13-7-5-6-8-14(13)23-18/h5-8,24H,4,9-12H2,1-3H3,(H,22,23)/b19-16-,21-15?. The van der Waals surface area contributed by atoms with Crippen molar-refractivity contribution in [3.8, 4) is 0 Å². The van der Waals surface area contributed by atoms with Crippen LogP contribution in [0.4, 0.5) is 0 Å². The van der Waals surface area contributed by atoms with Crippen LogP contribution in [0.2, 0.25) is 0 Å². The maximum atomic E-state index is 12.5. The summed E-state index contributed by atoms with van der Waals surface area (Å²) >= 11 is 0. The number of allylic oxidation sites excluding steroid dienone is 2. The molecular formula is C20H25N3O2. The van der Waals surface area contributed by atoms with E-state index in [0.29, 0.717) is 37.8 Å². The summed E-state index contributed by atoms with van der Waals surface area (Å²) in [6.07, 6.45) is 2.28. The van der Waals surface area contributed by atoms with Gasteiger partial charge in [-0.3, -0.25) is 9.79 Å². The first-order chi connectivity index (χ1) is 11.9. The Morgan fingerprint density at radius 3 is 2.80 bits per heavy atom. The van der Waals surface area contributed by atoms with Crippen molar-refractivity contribution in [2.24, 2.45) is 10.4 Å². The van der Waals surface area contributed by atoms with E-state index in [1.807, 2.05) is 31.2 Å². The van der Waals surface area contributed by atoms with Crippen molar-refractivity contribution < 1.29 is 9.90 Å². The predicted octanol–water partition coefficient (Wildman–Crippen LogP) is 4.16. The van der Waals surface area contributed by atoms with Gasteiger partial charge in [-0.25, -0.2) is 4.98 Å². The third-order valence-electron chi connectivity index (χ3n) is 4.57. The molecule has 0 bridgehead atoms. The first kappa shape index (κ1) is 17.4. The lowest BCUT2D eigenvalue weighted by Crippen LogP contribution is -2.32. The second-order valence-electron chi connectivity index (χ2n) is 7.40. The number of hydrogen-bond donors (Lipinski definition) is 2. The fourth-order valence-electron chi connectivity index (χ4n) is 3.35. The number of carbonyl (C=O) groups excluding carboxylic acids is 1. The van der Waals surface area contributed by atoms with Crippen molar-refractivity contribution in [2.75, 3.05) is 6.54 Å². The summed E-state index contributed by atoms with van der Waals surface area (Å²) in [7, 11) is 0. The fraction of sp³-hybridized carbons (Fsp3) is 0.450. The number of aliphatic hydroxyl groups excluding tert-OH is 1. The highest BCUT2D eigenvalue weighted by Gasteiger charge is 2.35. The summed E-state index contributed by atoms with van der Waals surface area (Å²) in [5.41, 5.74) is 3.02. The molecule has 5 heteroatoms. The lowest BCUT2D eigenvalue weighted by atomic mass is 9.73. The highest BCUT2D eigenvalue weighted by atomic mass is 16.3. The molecule has 0 atom stereocenters. The van der Waals surface area contributed by atoms with Gasteiger partial charge in [-0.1, -0.05) is 32.9 Å². The Hall–Kier alpha value is -2.43. The number of aliphatic imine (C=N–C) groups is 1. The highest BCUT2D eigenvalue weighted by molar-refractivity contribution is 6.24. The van der Waals surface area contributed by atoms with Gasteiger partial charge in [-0.05, 0) is 24.0 Å². The molecule has 2 N–H and O–H groups in total. The first-order valence-corrected chi connectivity index (χ1v) is 8.82. The maximum Gasteiger partial charge on any atom is 0.168 e. The molecule has 0 unspecified atom stereocenters. The molecule has 0 radical (unpaired) electrons. The van der Waals surface area contributed by atoms with Gasteiger partial charge in [0, 0.05) is 31.5 Å². The number of carbonyl (C=O) groups is 1. The fourth-order valence-corrected chi connectivity index (χ4v) is 3.35. The molecule has 3 rings (SSSR count). The molecule has 1 aromatic heterocycles. The van der Waals surface area contributed by atoms with Crippen LogP contribution >= 0.6 is 0 Å². The normalized spacial score (nSPS) is 21.1. The quantitative estimate of drug-likeness (QED) is 0.648. The third kappa shape index (κ3) is 3.81. The van der Waals surface area contributed by atoms with E-state index in [0.717, 1.165) is 22.6 Å². The number of aromatic amines is 1. The van der Waals surface area contributed by atoms with E-state index in [2.05, 4.69) is 28.8 Å². The molecule has 2 aromatic rings. The van der Waals surface area contributed by atoms with E-state index < -0.39 is 0 Å². The molecule has 25 heavy (non-hydrogen) atoms. The number of benzene rings is 1. The number of para-hydroxylation sites is 2. The van der Waals surface area contributed by atoms with Crippen LogP contribution in [0.15, 0.2) is 40.6 Å². The van der Waals surface area contributed by atoms with Gasteiger partial charge in [0.2, 0.25) is 0 Å². The average molecular weight is 339 g/mol. The SMILES string of the molecule is CC/C(O)=C1/C(=O)CC(C)(C)CC1=NCCc1nc2ccccc2[nH]1. The van der Waals surface area contributed by atoms with Gasteiger partial charge in [0.1, 0.15) is 11.6 Å². The Bertz CT molecular complexity index is 826. The number of aliphatic hydroxyl groups is 1. The van der Waals surface area contributed by atoms with E-state index in [4.69, 9.17) is 0 Å². The molecule has 1 heterocycles. The summed E-state index contributed by atoms with van der Waals surface area (Å²) in [5, 5.41) is 10.2. The Morgan fingerprint density at radius 2 is 2.08 bits per heavy atom. The van der Waals surface area contributed by atoms with Crippen LogP contribution in [0.1, 0.15) is 45.9 Å². The van der Waals surface area contributed by atoms with Crippen LogP contribution in [-0.2, 0) is 11.2 Å². The molecule has 0 saturated heterocycles. The second-order valence-corrected chi connectivity index (χ2v) is 7.40. The second kappa shape index (κ2) is 6.82. The molecule has 0 spiro atoms. The minimum absolute atomic E-state index is 0.00177. The first-order valence-electron chi connectivity index (χ1n) is 8.82. The molecular weight excluding hydrogens is 314 g/mol. The lowest BCUT2D eigenvalue weighted by molar-refractivity contribution is -0.117. The van der Waals surface area contributed by atoms with Gasteiger partial charge in [0.05, 0.1) is 16.6 Å². The smallest absolute Gasteiger partial charge is 0.168 e.